The maximum atomic E-state index is 11.1. The van der Waals surface area contributed by atoms with Crippen molar-refractivity contribution in [3.05, 3.63) is 82.5 Å². The lowest BCUT2D eigenvalue weighted by Crippen LogP contribution is -2.39. The highest BCUT2D eigenvalue weighted by Gasteiger charge is 2.25. The summed E-state index contributed by atoms with van der Waals surface area (Å²) < 4.78 is 0. The first-order valence-electron chi connectivity index (χ1n) is 10.2. The molecule has 2 N–H and O–H groups in total. The first-order chi connectivity index (χ1) is 14.9. The number of pyridine rings is 1. The van der Waals surface area contributed by atoms with Gasteiger partial charge >= 0.3 is 5.97 Å². The van der Waals surface area contributed by atoms with Crippen molar-refractivity contribution in [3.63, 3.8) is 0 Å². The molecule has 31 heavy (non-hydrogen) atoms. The third-order valence-electron chi connectivity index (χ3n) is 5.61. The maximum absolute atomic E-state index is 11.1. The third-order valence-corrected chi connectivity index (χ3v) is 5.84. The lowest BCUT2D eigenvalue weighted by Gasteiger charge is -2.38. The number of fused-ring (bicyclic) bond motifs is 1. The van der Waals surface area contributed by atoms with Crippen molar-refractivity contribution in [2.75, 3.05) is 35.3 Å². The Kier molecular flexibility index (Phi) is 6.00. The van der Waals surface area contributed by atoms with Crippen LogP contribution in [0, 0.1) is 0 Å². The average Bonchev–Trinajstić information content (AvgIpc) is 2.76. The Morgan fingerprint density at radius 1 is 1.19 bits per heavy atom. The zero-order valence-corrected chi connectivity index (χ0v) is 18.3. The summed E-state index contributed by atoms with van der Waals surface area (Å²) in [6.07, 6.45) is 1.82. The van der Waals surface area contributed by atoms with E-state index in [0.29, 0.717) is 0 Å². The minimum Gasteiger partial charge on any atom is -0.478 e. The second-order valence-electron chi connectivity index (χ2n) is 7.79. The molecule has 0 saturated carbocycles. The van der Waals surface area contributed by atoms with Crippen molar-refractivity contribution in [2.24, 2.45) is 0 Å². The molecule has 7 heteroatoms. The molecule has 0 unspecified atom stereocenters. The van der Waals surface area contributed by atoms with Crippen molar-refractivity contribution >= 4 is 34.8 Å². The number of carboxylic acid groups (broad SMARTS) is 1. The standard InChI is InChI=1S/C24H25ClN4O2/c1-16(18-6-8-19(9-7-18)24(30)31)27-23-22-21(10-11-26-23)28(2)12-13-29(22)15-17-4-3-5-20(25)14-17/h3-11,14,16H,12-13,15H2,1-2H3,(H,26,27)(H,30,31)/t16-/m0/s1. The number of nitrogens with one attached hydrogen (secondary N) is 1. The fourth-order valence-electron chi connectivity index (χ4n) is 3.89. The molecule has 0 saturated heterocycles. The normalized spacial score (nSPS) is 14.2. The number of aromatic nitrogens is 1. The second-order valence-corrected chi connectivity index (χ2v) is 8.23. The number of carbonyl (C=O) groups is 1. The Labute approximate surface area is 187 Å². The van der Waals surface area contributed by atoms with E-state index >= 15 is 0 Å². The molecule has 1 aliphatic rings. The molecule has 1 atom stereocenters. The van der Waals surface area contributed by atoms with Gasteiger partial charge in [-0.3, -0.25) is 0 Å². The highest BCUT2D eigenvalue weighted by atomic mass is 35.5. The lowest BCUT2D eigenvalue weighted by molar-refractivity contribution is 0.0697. The Bertz CT molecular complexity index is 1090. The molecule has 6 nitrogen and oxygen atoms in total. The summed E-state index contributed by atoms with van der Waals surface area (Å²) in [4.78, 5) is 20.3. The average molecular weight is 437 g/mol. The van der Waals surface area contributed by atoms with Crippen molar-refractivity contribution < 1.29 is 9.90 Å². The second kappa shape index (κ2) is 8.86. The summed E-state index contributed by atoms with van der Waals surface area (Å²) in [6.45, 7) is 4.58. The van der Waals surface area contributed by atoms with Gasteiger partial charge in [-0.2, -0.15) is 0 Å². The van der Waals surface area contributed by atoms with Crippen LogP contribution in [0.25, 0.3) is 0 Å². The number of halogens is 1. The molecule has 0 amide bonds. The van der Waals surface area contributed by atoms with Gasteiger partial charge in [-0.15, -0.1) is 0 Å². The van der Waals surface area contributed by atoms with E-state index in [9.17, 15) is 4.79 Å². The predicted molar refractivity (Wildman–Crippen MR) is 125 cm³/mol. The summed E-state index contributed by atoms with van der Waals surface area (Å²) in [5.41, 5.74) is 4.61. The zero-order chi connectivity index (χ0) is 22.0. The first kappa shape index (κ1) is 21.0. The van der Waals surface area contributed by atoms with Gasteiger partial charge in [0.05, 0.1) is 17.3 Å². The minimum absolute atomic E-state index is 0.0397. The number of aromatic carboxylic acids is 1. The number of nitrogens with zero attached hydrogens (tertiary/aromatic N) is 3. The summed E-state index contributed by atoms with van der Waals surface area (Å²) in [6, 6.07) is 16.9. The molecular formula is C24H25ClN4O2. The highest BCUT2D eigenvalue weighted by Crippen LogP contribution is 2.39. The highest BCUT2D eigenvalue weighted by molar-refractivity contribution is 6.30. The molecule has 0 radical (unpaired) electrons. The molecule has 0 bridgehead atoms. The number of carboxylic acids is 1. The van der Waals surface area contributed by atoms with Crippen LogP contribution in [-0.2, 0) is 6.54 Å². The summed E-state index contributed by atoms with van der Waals surface area (Å²) in [5.74, 6) is -0.119. The molecule has 1 aliphatic heterocycles. The van der Waals surface area contributed by atoms with E-state index in [4.69, 9.17) is 16.7 Å². The Balaban J connectivity index is 1.63. The van der Waals surface area contributed by atoms with Crippen molar-refractivity contribution in [1.29, 1.82) is 0 Å². The summed E-state index contributed by atoms with van der Waals surface area (Å²) in [7, 11) is 2.09. The fourth-order valence-corrected chi connectivity index (χ4v) is 4.10. The van der Waals surface area contributed by atoms with Gasteiger partial charge in [-0.25, -0.2) is 9.78 Å². The van der Waals surface area contributed by atoms with E-state index in [0.717, 1.165) is 53.0 Å². The van der Waals surface area contributed by atoms with Crippen LogP contribution in [-0.4, -0.2) is 36.2 Å². The van der Waals surface area contributed by atoms with E-state index in [-0.39, 0.29) is 11.6 Å². The molecule has 1 aromatic heterocycles. The van der Waals surface area contributed by atoms with E-state index in [2.05, 4.69) is 33.2 Å². The number of hydrogen-bond acceptors (Lipinski definition) is 5. The maximum Gasteiger partial charge on any atom is 0.335 e. The van der Waals surface area contributed by atoms with Crippen LogP contribution in [0.2, 0.25) is 5.02 Å². The summed E-state index contributed by atoms with van der Waals surface area (Å²) in [5, 5.41) is 13.4. The first-order valence-corrected chi connectivity index (χ1v) is 10.6. The van der Waals surface area contributed by atoms with Gasteiger partial charge in [-0.05, 0) is 48.4 Å². The van der Waals surface area contributed by atoms with E-state index in [1.54, 1.807) is 12.1 Å². The van der Waals surface area contributed by atoms with Gasteiger partial charge in [0.1, 0.15) is 5.69 Å². The molecule has 3 aromatic rings. The molecule has 2 heterocycles. The van der Waals surface area contributed by atoms with Crippen molar-refractivity contribution in [1.82, 2.24) is 4.98 Å². The lowest BCUT2D eigenvalue weighted by atomic mass is 10.1. The van der Waals surface area contributed by atoms with Crippen molar-refractivity contribution in [2.45, 2.75) is 19.5 Å². The summed E-state index contributed by atoms with van der Waals surface area (Å²) >= 11 is 6.20. The van der Waals surface area contributed by atoms with E-state index < -0.39 is 5.97 Å². The van der Waals surface area contributed by atoms with Crippen molar-refractivity contribution in [3.8, 4) is 0 Å². The van der Waals surface area contributed by atoms with Crippen LogP contribution in [0.3, 0.4) is 0 Å². The molecule has 4 rings (SSSR count). The van der Waals surface area contributed by atoms with Crippen LogP contribution in [0.1, 0.15) is 34.5 Å². The van der Waals surface area contributed by atoms with Gasteiger partial charge < -0.3 is 20.2 Å². The van der Waals surface area contributed by atoms with Crippen LogP contribution >= 0.6 is 11.6 Å². The van der Waals surface area contributed by atoms with Gasteiger partial charge in [0.15, 0.2) is 5.82 Å². The third kappa shape index (κ3) is 4.59. The van der Waals surface area contributed by atoms with Gasteiger partial charge in [0, 0.05) is 37.9 Å². The molecule has 160 valence electrons. The monoisotopic (exact) mass is 436 g/mol. The van der Waals surface area contributed by atoms with Gasteiger partial charge in [0.25, 0.3) is 0 Å². The van der Waals surface area contributed by atoms with Crippen LogP contribution in [0.15, 0.2) is 60.8 Å². The largest absolute Gasteiger partial charge is 0.478 e. The Morgan fingerprint density at radius 2 is 1.97 bits per heavy atom. The smallest absolute Gasteiger partial charge is 0.335 e. The van der Waals surface area contributed by atoms with Crippen LogP contribution < -0.4 is 15.1 Å². The van der Waals surface area contributed by atoms with E-state index in [1.807, 2.05) is 49.5 Å². The van der Waals surface area contributed by atoms with Crippen LogP contribution in [0.5, 0.6) is 0 Å². The predicted octanol–water partition coefficient (Wildman–Crippen LogP) is 5.06. The number of anilines is 3. The van der Waals surface area contributed by atoms with Gasteiger partial charge in [0.2, 0.25) is 0 Å². The minimum atomic E-state index is -0.925. The molecule has 0 spiro atoms. The molecule has 2 aromatic carbocycles. The molecule has 0 aliphatic carbocycles. The fraction of sp³-hybridized carbons (Fsp3) is 0.250. The molecule has 0 fully saturated rings. The zero-order valence-electron chi connectivity index (χ0n) is 17.5. The number of likely N-dealkylation sites (N-methyl/N-ethyl adjacent to an activating group) is 1. The van der Waals surface area contributed by atoms with Crippen LogP contribution in [0.4, 0.5) is 17.2 Å². The molecular weight excluding hydrogens is 412 g/mol. The quantitative estimate of drug-likeness (QED) is 0.562. The number of rotatable bonds is 6. The Morgan fingerprint density at radius 3 is 2.68 bits per heavy atom. The topological polar surface area (TPSA) is 68.7 Å². The van der Waals surface area contributed by atoms with Gasteiger partial charge in [-0.1, -0.05) is 35.9 Å². The SMILES string of the molecule is C[C@H](Nc1nccc2c1N(Cc1cccc(Cl)c1)CCN2C)c1ccc(C(=O)O)cc1. The van der Waals surface area contributed by atoms with E-state index in [1.165, 1.54) is 0 Å². The number of benzene rings is 2. The number of hydrogen-bond donors (Lipinski definition) is 2. The Hall–Kier alpha value is -3.25.